The molecular weight excluding hydrogens is 725 g/mol. The zero-order chi connectivity index (χ0) is 40.0. The molecule has 2 heteroatoms. The highest BCUT2D eigenvalue weighted by Crippen LogP contribution is 2.61. The number of hydrogen-bond acceptors (Lipinski definition) is 1. The average Bonchev–Trinajstić information content (AvgIpc) is 3.65. The molecular formula is C58H42N2. The van der Waals surface area contributed by atoms with E-state index in [1.165, 1.54) is 83.1 Å². The van der Waals surface area contributed by atoms with Gasteiger partial charge < -0.3 is 9.47 Å². The van der Waals surface area contributed by atoms with Gasteiger partial charge in [0.25, 0.3) is 0 Å². The van der Waals surface area contributed by atoms with E-state index in [0.29, 0.717) is 0 Å². The van der Waals surface area contributed by atoms with Crippen molar-refractivity contribution in [2.75, 3.05) is 4.90 Å². The van der Waals surface area contributed by atoms with Crippen molar-refractivity contribution in [1.82, 2.24) is 4.57 Å². The van der Waals surface area contributed by atoms with E-state index < -0.39 is 5.41 Å². The lowest BCUT2D eigenvalue weighted by molar-refractivity contribution is 0.558. The van der Waals surface area contributed by atoms with Gasteiger partial charge in [0.05, 0.1) is 22.1 Å². The number of hydrogen-bond donors (Lipinski definition) is 0. The second-order valence-corrected chi connectivity index (χ2v) is 16.9. The number of fused-ring (bicyclic) bond motifs is 11. The van der Waals surface area contributed by atoms with Gasteiger partial charge >= 0.3 is 0 Å². The van der Waals surface area contributed by atoms with Crippen LogP contribution in [0.25, 0.3) is 49.7 Å². The molecule has 9 aromatic carbocycles. The Kier molecular flexibility index (Phi) is 7.52. The second kappa shape index (κ2) is 13.0. The maximum Gasteiger partial charge on any atom is 0.0748 e. The molecule has 10 aromatic rings. The maximum absolute atomic E-state index is 2.53. The molecule has 1 atom stereocenters. The van der Waals surface area contributed by atoms with Gasteiger partial charge in [-0.15, -0.1) is 0 Å². The van der Waals surface area contributed by atoms with Crippen LogP contribution in [0.15, 0.2) is 218 Å². The highest BCUT2D eigenvalue weighted by atomic mass is 15.1. The molecule has 60 heavy (non-hydrogen) atoms. The Balaban J connectivity index is 1.02. The van der Waals surface area contributed by atoms with Gasteiger partial charge in [0.2, 0.25) is 0 Å². The number of benzene rings is 9. The van der Waals surface area contributed by atoms with Gasteiger partial charge in [-0.1, -0.05) is 184 Å². The molecule has 0 N–H and O–H groups in total. The minimum absolute atomic E-state index is 0.265. The van der Waals surface area contributed by atoms with E-state index in [1.807, 2.05) is 0 Å². The van der Waals surface area contributed by atoms with Crippen molar-refractivity contribution in [2.24, 2.45) is 0 Å². The van der Waals surface area contributed by atoms with Crippen molar-refractivity contribution in [3.8, 4) is 27.9 Å². The topological polar surface area (TPSA) is 8.17 Å². The van der Waals surface area contributed by atoms with Gasteiger partial charge in [-0.2, -0.15) is 0 Å². The first-order valence-electron chi connectivity index (χ1n) is 21.0. The Hall–Kier alpha value is -7.42. The molecule has 0 amide bonds. The van der Waals surface area contributed by atoms with Crippen LogP contribution in [-0.2, 0) is 10.8 Å². The summed E-state index contributed by atoms with van der Waals surface area (Å²) in [6.45, 7) is 4.86. The van der Waals surface area contributed by atoms with Crippen molar-refractivity contribution in [2.45, 2.75) is 24.7 Å². The fourth-order valence-corrected chi connectivity index (χ4v) is 10.9. The van der Waals surface area contributed by atoms with Gasteiger partial charge in [-0.3, -0.25) is 0 Å². The third-order valence-electron chi connectivity index (χ3n) is 13.4. The minimum atomic E-state index is -0.521. The quantitative estimate of drug-likeness (QED) is 0.169. The third kappa shape index (κ3) is 4.76. The molecule has 0 radical (unpaired) electrons. The Morgan fingerprint density at radius 2 is 0.867 bits per heavy atom. The molecule has 0 fully saturated rings. The van der Waals surface area contributed by atoms with Crippen LogP contribution in [0.2, 0.25) is 0 Å². The normalized spacial score (nSPS) is 15.7. The molecule has 2 aliphatic rings. The van der Waals surface area contributed by atoms with Crippen LogP contribution in [0.4, 0.5) is 17.1 Å². The molecule has 0 bridgehead atoms. The van der Waals surface area contributed by atoms with Crippen molar-refractivity contribution < 1.29 is 0 Å². The van der Waals surface area contributed by atoms with Crippen molar-refractivity contribution in [3.05, 3.63) is 252 Å². The molecule has 12 rings (SSSR count). The van der Waals surface area contributed by atoms with Gasteiger partial charge in [-0.25, -0.2) is 0 Å². The largest absolute Gasteiger partial charge is 0.311 e. The van der Waals surface area contributed by atoms with Crippen LogP contribution in [-0.4, -0.2) is 4.57 Å². The Morgan fingerprint density at radius 3 is 1.58 bits per heavy atom. The fraction of sp³-hybridized carbons (Fsp3) is 0.0690. The highest BCUT2D eigenvalue weighted by Gasteiger charge is 2.53. The fourth-order valence-electron chi connectivity index (χ4n) is 10.9. The molecule has 284 valence electrons. The summed E-state index contributed by atoms with van der Waals surface area (Å²) in [6, 6.07) is 80.8. The van der Waals surface area contributed by atoms with E-state index in [0.717, 1.165) is 17.1 Å². The Labute approximate surface area is 351 Å². The average molecular weight is 767 g/mol. The van der Waals surface area contributed by atoms with E-state index in [9.17, 15) is 0 Å². The van der Waals surface area contributed by atoms with E-state index >= 15 is 0 Å². The lowest BCUT2D eigenvalue weighted by atomic mass is 9.52. The predicted octanol–water partition coefficient (Wildman–Crippen LogP) is 14.9. The first-order chi connectivity index (χ1) is 29.5. The molecule has 1 unspecified atom stereocenters. The van der Waals surface area contributed by atoms with Gasteiger partial charge in [0.1, 0.15) is 0 Å². The summed E-state index contributed by atoms with van der Waals surface area (Å²) in [7, 11) is 0. The van der Waals surface area contributed by atoms with E-state index in [-0.39, 0.29) is 5.41 Å². The van der Waals surface area contributed by atoms with E-state index in [1.54, 1.807) is 0 Å². The Morgan fingerprint density at radius 1 is 0.367 bits per heavy atom. The number of para-hydroxylation sites is 5. The lowest BCUT2D eigenvalue weighted by Gasteiger charge is -2.50. The van der Waals surface area contributed by atoms with Crippen molar-refractivity contribution in [1.29, 1.82) is 0 Å². The molecule has 2 heterocycles. The third-order valence-corrected chi connectivity index (χ3v) is 13.4. The van der Waals surface area contributed by atoms with Crippen LogP contribution in [0.1, 0.15) is 47.2 Å². The zero-order valence-corrected chi connectivity index (χ0v) is 33.7. The minimum Gasteiger partial charge on any atom is -0.311 e. The number of anilines is 3. The van der Waals surface area contributed by atoms with Crippen LogP contribution in [0, 0.1) is 0 Å². The second-order valence-electron chi connectivity index (χ2n) is 16.9. The standard InChI is InChI=1S/C58H42N2/c1-57(2)48-24-10-11-25-49(48)58(50-26-12-14-30-54(50)60-53-29-13-9-21-46(53)47-23-16-28-52(58)56(47)60)51-27-15-22-45(55(51)57)41-33-31-39(32-34-41)40-35-37-44(38-36-40)59(42-17-5-3-6-18-42)43-19-7-4-8-20-43/h3-38H,1-2H3. The summed E-state index contributed by atoms with van der Waals surface area (Å²) in [5.41, 5.74) is 19.5. The molecule has 2 nitrogen and oxygen atoms in total. The van der Waals surface area contributed by atoms with Crippen LogP contribution in [0.5, 0.6) is 0 Å². The first-order valence-corrected chi connectivity index (χ1v) is 21.0. The summed E-state index contributed by atoms with van der Waals surface area (Å²) in [4.78, 5) is 2.31. The molecule has 0 saturated heterocycles. The molecule has 1 aliphatic heterocycles. The van der Waals surface area contributed by atoms with Gasteiger partial charge in [-0.05, 0) is 104 Å². The monoisotopic (exact) mass is 766 g/mol. The van der Waals surface area contributed by atoms with E-state index in [2.05, 4.69) is 242 Å². The summed E-state index contributed by atoms with van der Waals surface area (Å²) in [6.07, 6.45) is 0. The number of aromatic nitrogens is 1. The lowest BCUT2D eigenvalue weighted by Crippen LogP contribution is -2.44. The number of rotatable bonds is 5. The van der Waals surface area contributed by atoms with Gasteiger partial charge in [0.15, 0.2) is 0 Å². The summed E-state index contributed by atoms with van der Waals surface area (Å²) >= 11 is 0. The SMILES string of the molecule is CC1(C)c2ccccc2C2(c3ccccc3-n3c4ccccc4c4cccc2c43)c2cccc(-c3ccc(-c4ccc(N(c5ccccc5)c5ccccc5)cc4)cc3)c21. The zero-order valence-electron chi connectivity index (χ0n) is 33.7. The molecule has 1 spiro atoms. The van der Waals surface area contributed by atoms with Crippen LogP contribution in [0.3, 0.4) is 0 Å². The van der Waals surface area contributed by atoms with Gasteiger partial charge in [0, 0.05) is 33.2 Å². The summed E-state index contributed by atoms with van der Waals surface area (Å²) in [5.74, 6) is 0. The first kappa shape index (κ1) is 34.6. The smallest absolute Gasteiger partial charge is 0.0748 e. The van der Waals surface area contributed by atoms with E-state index in [4.69, 9.17) is 0 Å². The summed E-state index contributed by atoms with van der Waals surface area (Å²) in [5, 5.41) is 2.59. The highest BCUT2D eigenvalue weighted by molar-refractivity contribution is 6.12. The van der Waals surface area contributed by atoms with Crippen LogP contribution >= 0.6 is 0 Å². The molecule has 1 aliphatic carbocycles. The maximum atomic E-state index is 2.53. The van der Waals surface area contributed by atoms with Crippen molar-refractivity contribution >= 4 is 38.9 Å². The Bertz CT molecular complexity index is 3230. The molecule has 0 saturated carbocycles. The molecule has 1 aromatic heterocycles. The van der Waals surface area contributed by atoms with Crippen LogP contribution < -0.4 is 4.90 Å². The summed E-state index contributed by atoms with van der Waals surface area (Å²) < 4.78 is 2.53. The number of nitrogens with zero attached hydrogens (tertiary/aromatic N) is 2. The van der Waals surface area contributed by atoms with Crippen molar-refractivity contribution in [3.63, 3.8) is 0 Å². The predicted molar refractivity (Wildman–Crippen MR) is 250 cm³/mol.